The molecule has 5 rings (SSSR count). The molecule has 2 aliphatic heterocycles. The summed E-state index contributed by atoms with van der Waals surface area (Å²) in [7, 11) is 1.97. The first-order valence-electron chi connectivity index (χ1n) is 12.9. The predicted molar refractivity (Wildman–Crippen MR) is 143 cm³/mol. The third-order valence-corrected chi connectivity index (χ3v) is 7.29. The van der Waals surface area contributed by atoms with Crippen LogP contribution in [-0.2, 0) is 11.2 Å². The van der Waals surface area contributed by atoms with Crippen molar-refractivity contribution in [2.24, 2.45) is 0 Å². The minimum absolute atomic E-state index is 0.192. The van der Waals surface area contributed by atoms with Gasteiger partial charge in [0.1, 0.15) is 0 Å². The van der Waals surface area contributed by atoms with Crippen molar-refractivity contribution in [1.29, 1.82) is 0 Å². The van der Waals surface area contributed by atoms with E-state index in [4.69, 9.17) is 0 Å². The zero-order chi connectivity index (χ0) is 26.9. The molecule has 0 spiro atoms. The van der Waals surface area contributed by atoms with E-state index in [1.165, 1.54) is 11.1 Å². The average Bonchev–Trinajstić information content (AvgIpc) is 3.32. The van der Waals surface area contributed by atoms with Gasteiger partial charge in [0, 0.05) is 56.4 Å². The Bertz CT molecular complexity index is 1360. The quantitative estimate of drug-likeness (QED) is 0.483. The van der Waals surface area contributed by atoms with Gasteiger partial charge >= 0.3 is 0 Å². The van der Waals surface area contributed by atoms with Gasteiger partial charge in [-0.3, -0.25) is 9.59 Å². The maximum Gasteiger partial charge on any atom is 0.275 e. The van der Waals surface area contributed by atoms with Gasteiger partial charge in [-0.15, -0.1) is 0 Å². The van der Waals surface area contributed by atoms with Gasteiger partial charge < -0.3 is 14.7 Å². The molecule has 3 heterocycles. The van der Waals surface area contributed by atoms with Crippen molar-refractivity contribution in [3.05, 3.63) is 83.7 Å². The Morgan fingerprint density at radius 1 is 0.974 bits per heavy atom. The molecule has 0 atom stereocenters. The van der Waals surface area contributed by atoms with Crippen LogP contribution in [0.15, 0.2) is 66.9 Å². The molecule has 1 aromatic heterocycles. The third-order valence-electron chi connectivity index (χ3n) is 7.29. The number of rotatable bonds is 4. The molecule has 0 N–H and O–H groups in total. The summed E-state index contributed by atoms with van der Waals surface area (Å²) in [6.45, 7) is 4.11. The molecule has 9 heteroatoms. The van der Waals surface area contributed by atoms with Gasteiger partial charge in [-0.05, 0) is 31.7 Å². The SMILES string of the molecule is CCc1c(C(=O)N2CCC(F)(F)/C(=C\C(=O)N3CCN(C)CC3)c3ccccc32)cnn1-c1ccccc1. The van der Waals surface area contributed by atoms with Crippen molar-refractivity contribution in [3.8, 4) is 5.69 Å². The van der Waals surface area contributed by atoms with Crippen LogP contribution in [0.5, 0.6) is 0 Å². The molecule has 1 saturated heterocycles. The van der Waals surface area contributed by atoms with Crippen molar-refractivity contribution >= 4 is 23.1 Å². The van der Waals surface area contributed by atoms with E-state index in [0.717, 1.165) is 11.8 Å². The highest BCUT2D eigenvalue weighted by Crippen LogP contribution is 2.43. The zero-order valence-electron chi connectivity index (χ0n) is 21.6. The molecule has 0 saturated carbocycles. The van der Waals surface area contributed by atoms with Crippen molar-refractivity contribution in [2.45, 2.75) is 25.7 Å². The van der Waals surface area contributed by atoms with Gasteiger partial charge in [-0.2, -0.15) is 5.10 Å². The molecule has 38 heavy (non-hydrogen) atoms. The van der Waals surface area contributed by atoms with Crippen LogP contribution in [0, 0.1) is 0 Å². The molecule has 7 nitrogen and oxygen atoms in total. The van der Waals surface area contributed by atoms with E-state index in [1.54, 1.807) is 33.8 Å². The number of fused-ring (bicyclic) bond motifs is 1. The number of anilines is 1. The van der Waals surface area contributed by atoms with E-state index >= 15 is 8.78 Å². The summed E-state index contributed by atoms with van der Waals surface area (Å²) in [5, 5.41) is 4.45. The Kier molecular flexibility index (Phi) is 7.12. The molecule has 198 valence electrons. The van der Waals surface area contributed by atoms with E-state index in [-0.39, 0.29) is 23.6 Å². The van der Waals surface area contributed by atoms with Crippen LogP contribution in [0.3, 0.4) is 0 Å². The lowest BCUT2D eigenvalue weighted by atomic mass is 9.96. The third kappa shape index (κ3) is 4.86. The molecule has 3 aromatic rings. The predicted octanol–water partition coefficient (Wildman–Crippen LogP) is 4.28. The van der Waals surface area contributed by atoms with Crippen molar-refractivity contribution in [3.63, 3.8) is 0 Å². The Balaban J connectivity index is 1.53. The van der Waals surface area contributed by atoms with Gasteiger partial charge in [-0.25, -0.2) is 13.5 Å². The number of aromatic nitrogens is 2. The Labute approximate surface area is 220 Å². The number of nitrogens with zero attached hydrogens (tertiary/aromatic N) is 5. The fourth-order valence-corrected chi connectivity index (χ4v) is 5.11. The lowest BCUT2D eigenvalue weighted by Gasteiger charge is -2.32. The van der Waals surface area contributed by atoms with Crippen LogP contribution in [0.4, 0.5) is 14.5 Å². The van der Waals surface area contributed by atoms with Crippen LogP contribution in [0.25, 0.3) is 11.3 Å². The van der Waals surface area contributed by atoms with Crippen molar-refractivity contribution in [2.75, 3.05) is 44.7 Å². The first-order valence-corrected chi connectivity index (χ1v) is 12.9. The van der Waals surface area contributed by atoms with Gasteiger partial charge in [0.05, 0.1) is 28.8 Å². The van der Waals surface area contributed by atoms with Crippen LogP contribution in [-0.4, -0.2) is 77.1 Å². The molecular formula is C29H31F2N5O2. The van der Waals surface area contributed by atoms with Crippen molar-refractivity contribution < 1.29 is 18.4 Å². The van der Waals surface area contributed by atoms with Crippen LogP contribution >= 0.6 is 0 Å². The minimum Gasteiger partial charge on any atom is -0.337 e. The number of hydrogen-bond donors (Lipinski definition) is 0. The standard InChI is InChI=1S/C29H31F2N5O2/c1-3-25-23(20-32-36(25)21-9-5-4-6-10-21)28(38)35-14-13-29(30,31)24(22-11-7-8-12-26(22)35)19-27(37)34-17-15-33(2)16-18-34/h4-12,19-20H,3,13-18H2,1-2H3/b24-19-. The van der Waals surface area contributed by atoms with Crippen LogP contribution < -0.4 is 4.90 Å². The van der Waals surface area contributed by atoms with Crippen LogP contribution in [0.1, 0.15) is 35.0 Å². The number of halogens is 2. The monoisotopic (exact) mass is 519 g/mol. The second-order valence-electron chi connectivity index (χ2n) is 9.72. The highest BCUT2D eigenvalue weighted by atomic mass is 19.3. The van der Waals surface area contributed by atoms with E-state index in [9.17, 15) is 9.59 Å². The second kappa shape index (κ2) is 10.5. The van der Waals surface area contributed by atoms with Gasteiger partial charge in [0.15, 0.2) is 0 Å². The molecule has 0 bridgehead atoms. The number of para-hydroxylation sites is 2. The first-order chi connectivity index (χ1) is 18.3. The fraction of sp³-hybridized carbons (Fsp3) is 0.345. The van der Waals surface area contributed by atoms with E-state index in [1.807, 2.05) is 44.3 Å². The minimum atomic E-state index is -3.28. The van der Waals surface area contributed by atoms with Gasteiger partial charge in [0.25, 0.3) is 11.8 Å². The maximum atomic E-state index is 15.6. The normalized spacial score (nSPS) is 18.8. The highest BCUT2D eigenvalue weighted by molar-refractivity contribution is 6.09. The fourth-order valence-electron chi connectivity index (χ4n) is 5.11. The Morgan fingerprint density at radius 2 is 1.66 bits per heavy atom. The number of likely N-dealkylation sites (N-methyl/N-ethyl adjacent to an activating group) is 1. The summed E-state index contributed by atoms with van der Waals surface area (Å²) in [4.78, 5) is 32.0. The largest absolute Gasteiger partial charge is 0.337 e. The molecule has 0 aliphatic carbocycles. The Morgan fingerprint density at radius 3 is 2.37 bits per heavy atom. The summed E-state index contributed by atoms with van der Waals surface area (Å²) in [5.41, 5.74) is 2.11. The summed E-state index contributed by atoms with van der Waals surface area (Å²) < 4.78 is 32.9. The van der Waals surface area contributed by atoms with Gasteiger partial charge in [0.2, 0.25) is 5.91 Å². The molecule has 2 amide bonds. The lowest BCUT2D eigenvalue weighted by molar-refractivity contribution is -0.127. The number of allylic oxidation sites excluding steroid dienone is 1. The van der Waals surface area contributed by atoms with E-state index in [2.05, 4.69) is 10.00 Å². The molecule has 0 unspecified atom stereocenters. The highest BCUT2D eigenvalue weighted by Gasteiger charge is 2.42. The molecule has 0 radical (unpaired) electrons. The number of amides is 2. The molecule has 2 aromatic carbocycles. The second-order valence-corrected chi connectivity index (χ2v) is 9.72. The lowest BCUT2D eigenvalue weighted by Crippen LogP contribution is -2.46. The van der Waals surface area contributed by atoms with Gasteiger partial charge in [-0.1, -0.05) is 43.3 Å². The summed E-state index contributed by atoms with van der Waals surface area (Å²) in [6, 6.07) is 16.1. The van der Waals surface area contributed by atoms with Crippen molar-refractivity contribution in [1.82, 2.24) is 19.6 Å². The van der Waals surface area contributed by atoms with Crippen LogP contribution in [0.2, 0.25) is 0 Å². The zero-order valence-corrected chi connectivity index (χ0v) is 21.6. The molecular weight excluding hydrogens is 488 g/mol. The number of hydrogen-bond acceptors (Lipinski definition) is 4. The average molecular weight is 520 g/mol. The van der Waals surface area contributed by atoms with E-state index in [0.29, 0.717) is 49.5 Å². The number of benzene rings is 2. The van der Waals surface area contributed by atoms with E-state index < -0.39 is 18.3 Å². The summed E-state index contributed by atoms with van der Waals surface area (Å²) in [6.07, 6.45) is 2.52. The Hall–Kier alpha value is -3.85. The number of carbonyl (C=O) groups excluding carboxylic acids is 2. The smallest absolute Gasteiger partial charge is 0.275 e. The topological polar surface area (TPSA) is 61.7 Å². The molecule has 1 fully saturated rings. The summed E-state index contributed by atoms with van der Waals surface area (Å²) >= 11 is 0. The number of carbonyl (C=O) groups is 2. The number of alkyl halides is 2. The summed E-state index contributed by atoms with van der Waals surface area (Å²) in [5.74, 6) is -4.10. The molecule has 2 aliphatic rings. The maximum absolute atomic E-state index is 15.6. The number of piperazine rings is 1. The first kappa shape index (κ1) is 25.8.